The maximum Gasteiger partial charge on any atom is 0.147 e. The predicted molar refractivity (Wildman–Crippen MR) is 67.9 cm³/mol. The Labute approximate surface area is 108 Å². The quantitative estimate of drug-likeness (QED) is 0.867. The second-order valence-electron chi connectivity index (χ2n) is 5.72. The van der Waals surface area contributed by atoms with E-state index in [2.05, 4.69) is 19.7 Å². The summed E-state index contributed by atoms with van der Waals surface area (Å²) in [5.74, 6) is 1.78. The molecule has 0 amide bonds. The zero-order chi connectivity index (χ0) is 12.4. The molecule has 2 heterocycles. The molecule has 5 heteroatoms. The van der Waals surface area contributed by atoms with Crippen LogP contribution in [0.5, 0.6) is 0 Å². The molecule has 0 radical (unpaired) electrons. The lowest BCUT2D eigenvalue weighted by Gasteiger charge is -2.29. The molecule has 1 atom stereocenters. The van der Waals surface area contributed by atoms with Crippen molar-refractivity contribution in [2.24, 2.45) is 5.92 Å². The summed E-state index contributed by atoms with van der Waals surface area (Å²) in [6.07, 6.45) is 7.92. The van der Waals surface area contributed by atoms with Gasteiger partial charge in [0.15, 0.2) is 0 Å². The van der Waals surface area contributed by atoms with Gasteiger partial charge in [-0.05, 0) is 12.3 Å². The van der Waals surface area contributed by atoms with Crippen LogP contribution in [-0.2, 0) is 13.1 Å². The highest BCUT2D eigenvalue weighted by Gasteiger charge is 2.23. The van der Waals surface area contributed by atoms with Crippen molar-refractivity contribution in [2.45, 2.75) is 51.3 Å². The second-order valence-corrected chi connectivity index (χ2v) is 5.72. The zero-order valence-electron chi connectivity index (χ0n) is 10.8. The van der Waals surface area contributed by atoms with E-state index in [4.69, 9.17) is 0 Å². The maximum atomic E-state index is 10.2. The zero-order valence-corrected chi connectivity index (χ0v) is 10.8. The number of rotatable bonds is 4. The largest absolute Gasteiger partial charge is 0.392 e. The van der Waals surface area contributed by atoms with Gasteiger partial charge in [0, 0.05) is 19.6 Å². The highest BCUT2D eigenvalue weighted by molar-refractivity contribution is 4.90. The van der Waals surface area contributed by atoms with Gasteiger partial charge < -0.3 is 9.67 Å². The van der Waals surface area contributed by atoms with Crippen molar-refractivity contribution in [1.82, 2.24) is 19.7 Å². The SMILES string of the molecule is OC(CC1CCCC1)CN1CCn2cnnc2C1. The number of aromatic nitrogens is 3. The monoisotopic (exact) mass is 250 g/mol. The molecule has 1 saturated carbocycles. The number of aliphatic hydroxyl groups excluding tert-OH is 1. The molecule has 5 nitrogen and oxygen atoms in total. The summed E-state index contributed by atoms with van der Waals surface area (Å²) in [6.45, 7) is 3.54. The molecule has 0 spiro atoms. The molecule has 1 aliphatic heterocycles. The highest BCUT2D eigenvalue weighted by atomic mass is 16.3. The van der Waals surface area contributed by atoms with Crippen LogP contribution in [0, 0.1) is 5.92 Å². The van der Waals surface area contributed by atoms with Gasteiger partial charge in [-0.15, -0.1) is 10.2 Å². The average molecular weight is 250 g/mol. The number of fused-ring (bicyclic) bond motifs is 1. The lowest BCUT2D eigenvalue weighted by molar-refractivity contribution is 0.0780. The van der Waals surface area contributed by atoms with Crippen LogP contribution in [0.4, 0.5) is 0 Å². The van der Waals surface area contributed by atoms with Crippen LogP contribution in [0.3, 0.4) is 0 Å². The second kappa shape index (κ2) is 5.36. The Morgan fingerprint density at radius 2 is 2.17 bits per heavy atom. The third-order valence-electron chi connectivity index (χ3n) is 4.27. The van der Waals surface area contributed by atoms with E-state index in [-0.39, 0.29) is 6.10 Å². The molecule has 3 rings (SSSR count). The topological polar surface area (TPSA) is 54.2 Å². The molecule has 1 aromatic rings. The van der Waals surface area contributed by atoms with Crippen LogP contribution < -0.4 is 0 Å². The first kappa shape index (κ1) is 12.1. The van der Waals surface area contributed by atoms with Crippen molar-refractivity contribution in [2.75, 3.05) is 13.1 Å². The fourth-order valence-electron chi connectivity index (χ4n) is 3.28. The Hall–Kier alpha value is -0.940. The summed E-state index contributed by atoms with van der Waals surface area (Å²) in [7, 11) is 0. The van der Waals surface area contributed by atoms with Crippen molar-refractivity contribution in [3.63, 3.8) is 0 Å². The van der Waals surface area contributed by atoms with Gasteiger partial charge in [-0.25, -0.2) is 0 Å². The van der Waals surface area contributed by atoms with Gasteiger partial charge in [-0.3, -0.25) is 4.90 Å². The Kier molecular flexibility index (Phi) is 3.61. The first-order valence-corrected chi connectivity index (χ1v) is 7.08. The fourth-order valence-corrected chi connectivity index (χ4v) is 3.28. The van der Waals surface area contributed by atoms with Gasteiger partial charge >= 0.3 is 0 Å². The standard InChI is InChI=1S/C13H22N4O/c18-12(7-11-3-1-2-4-11)8-16-5-6-17-10-14-15-13(17)9-16/h10-12,18H,1-9H2. The van der Waals surface area contributed by atoms with E-state index in [1.165, 1.54) is 25.7 Å². The van der Waals surface area contributed by atoms with Crippen molar-refractivity contribution in [3.05, 3.63) is 12.2 Å². The molecule has 1 aromatic heterocycles. The molecule has 0 bridgehead atoms. The first-order chi connectivity index (χ1) is 8.81. The molecule has 1 N–H and O–H groups in total. The summed E-state index contributed by atoms with van der Waals surface area (Å²) in [5.41, 5.74) is 0. The summed E-state index contributed by atoms with van der Waals surface area (Å²) >= 11 is 0. The Balaban J connectivity index is 1.48. The average Bonchev–Trinajstić information content (AvgIpc) is 2.98. The lowest BCUT2D eigenvalue weighted by Crippen LogP contribution is -2.39. The predicted octanol–water partition coefficient (Wildman–Crippen LogP) is 1.03. The molecule has 1 unspecified atom stereocenters. The van der Waals surface area contributed by atoms with Crippen LogP contribution in [0.1, 0.15) is 37.9 Å². The van der Waals surface area contributed by atoms with Crippen LogP contribution in [0.15, 0.2) is 6.33 Å². The molecule has 100 valence electrons. The van der Waals surface area contributed by atoms with E-state index in [1.54, 1.807) is 6.33 Å². The Morgan fingerprint density at radius 1 is 1.33 bits per heavy atom. The minimum Gasteiger partial charge on any atom is -0.392 e. The van der Waals surface area contributed by atoms with Crippen LogP contribution in [0.25, 0.3) is 0 Å². The van der Waals surface area contributed by atoms with Gasteiger partial charge in [0.2, 0.25) is 0 Å². The molecule has 1 aliphatic carbocycles. The molecular formula is C13H22N4O. The van der Waals surface area contributed by atoms with Crippen molar-refractivity contribution in [1.29, 1.82) is 0 Å². The number of aliphatic hydroxyl groups is 1. The van der Waals surface area contributed by atoms with Crippen LogP contribution in [0.2, 0.25) is 0 Å². The lowest BCUT2D eigenvalue weighted by atomic mass is 10.00. The van der Waals surface area contributed by atoms with E-state index in [0.29, 0.717) is 0 Å². The van der Waals surface area contributed by atoms with E-state index in [9.17, 15) is 5.11 Å². The van der Waals surface area contributed by atoms with Gasteiger partial charge in [-0.2, -0.15) is 0 Å². The molecular weight excluding hydrogens is 228 g/mol. The Morgan fingerprint density at radius 3 is 3.00 bits per heavy atom. The van der Waals surface area contributed by atoms with Gasteiger partial charge in [0.1, 0.15) is 12.2 Å². The van der Waals surface area contributed by atoms with E-state index >= 15 is 0 Å². The van der Waals surface area contributed by atoms with E-state index in [0.717, 1.165) is 44.3 Å². The van der Waals surface area contributed by atoms with Crippen LogP contribution >= 0.6 is 0 Å². The van der Waals surface area contributed by atoms with Gasteiger partial charge in [0.05, 0.1) is 12.6 Å². The summed E-state index contributed by atoms with van der Waals surface area (Å²) in [6, 6.07) is 0. The number of nitrogens with zero attached hydrogens (tertiary/aromatic N) is 4. The molecule has 2 aliphatic rings. The summed E-state index contributed by atoms with van der Waals surface area (Å²) in [4.78, 5) is 2.30. The minimum atomic E-state index is -0.178. The number of hydrogen-bond donors (Lipinski definition) is 1. The fraction of sp³-hybridized carbons (Fsp3) is 0.846. The summed E-state index contributed by atoms with van der Waals surface area (Å²) < 4.78 is 2.10. The summed E-state index contributed by atoms with van der Waals surface area (Å²) in [5, 5.41) is 18.2. The molecule has 18 heavy (non-hydrogen) atoms. The van der Waals surface area contributed by atoms with Gasteiger partial charge in [0.25, 0.3) is 0 Å². The number of hydrogen-bond acceptors (Lipinski definition) is 4. The van der Waals surface area contributed by atoms with E-state index < -0.39 is 0 Å². The number of β-amino-alcohol motifs (C(OH)–C–C–N with tert-alkyl or cyclic N) is 1. The first-order valence-electron chi connectivity index (χ1n) is 7.08. The molecule has 0 aromatic carbocycles. The minimum absolute atomic E-state index is 0.178. The van der Waals surface area contributed by atoms with Gasteiger partial charge in [-0.1, -0.05) is 25.7 Å². The molecule has 0 saturated heterocycles. The van der Waals surface area contributed by atoms with Crippen LogP contribution in [-0.4, -0.2) is 44.0 Å². The third kappa shape index (κ3) is 2.72. The Bertz CT molecular complexity index is 386. The maximum absolute atomic E-state index is 10.2. The van der Waals surface area contributed by atoms with E-state index in [1.807, 2.05) is 0 Å². The van der Waals surface area contributed by atoms with Crippen molar-refractivity contribution < 1.29 is 5.11 Å². The highest BCUT2D eigenvalue weighted by Crippen LogP contribution is 2.28. The third-order valence-corrected chi connectivity index (χ3v) is 4.27. The van der Waals surface area contributed by atoms with Crippen molar-refractivity contribution in [3.8, 4) is 0 Å². The smallest absolute Gasteiger partial charge is 0.147 e. The normalized spacial score (nSPS) is 23.2. The molecule has 1 fully saturated rings. The van der Waals surface area contributed by atoms with Crippen molar-refractivity contribution >= 4 is 0 Å².